The molecule has 2 heterocycles. The van der Waals surface area contributed by atoms with Crippen molar-refractivity contribution in [3.63, 3.8) is 0 Å². The van der Waals surface area contributed by atoms with Crippen LogP contribution in [0.1, 0.15) is 21.6 Å². The van der Waals surface area contributed by atoms with Gasteiger partial charge in [0.25, 0.3) is 0 Å². The van der Waals surface area contributed by atoms with E-state index >= 15 is 0 Å². The second kappa shape index (κ2) is 4.42. The number of aromatic carboxylic acids is 1. The van der Waals surface area contributed by atoms with E-state index in [4.69, 9.17) is 5.11 Å². The number of hydrogen-bond acceptors (Lipinski definition) is 4. The van der Waals surface area contributed by atoms with Crippen LogP contribution in [0.5, 0.6) is 0 Å². The smallest absolute Gasteiger partial charge is 0.335 e. The van der Waals surface area contributed by atoms with Gasteiger partial charge >= 0.3 is 5.97 Å². The van der Waals surface area contributed by atoms with Gasteiger partial charge in [-0.05, 0) is 30.2 Å². The molecule has 0 unspecified atom stereocenters. The molecule has 1 N–H and O–H groups in total. The first-order valence-electron chi connectivity index (χ1n) is 5.72. The fraction of sp³-hybridized carbons (Fsp3) is 0.231. The maximum Gasteiger partial charge on any atom is 0.335 e. The molecule has 1 aliphatic rings. The van der Waals surface area contributed by atoms with Gasteiger partial charge in [0.1, 0.15) is 0 Å². The summed E-state index contributed by atoms with van der Waals surface area (Å²) in [6.07, 6.45) is 0.903. The molecule has 18 heavy (non-hydrogen) atoms. The highest BCUT2D eigenvalue weighted by atomic mass is 32.1. The van der Waals surface area contributed by atoms with Crippen LogP contribution in [0.3, 0.4) is 0 Å². The first-order chi connectivity index (χ1) is 8.74. The average molecular weight is 260 g/mol. The van der Waals surface area contributed by atoms with Gasteiger partial charge in [-0.25, -0.2) is 9.78 Å². The second-order valence-electron chi connectivity index (χ2n) is 4.30. The van der Waals surface area contributed by atoms with Gasteiger partial charge in [0.15, 0.2) is 0 Å². The normalized spacial score (nSPS) is 13.7. The fourth-order valence-corrected chi connectivity index (χ4v) is 2.83. The lowest BCUT2D eigenvalue weighted by molar-refractivity contribution is 0.0697. The minimum Gasteiger partial charge on any atom is -0.478 e. The predicted molar refractivity (Wildman–Crippen MR) is 70.3 cm³/mol. The SMILES string of the molecule is O=C(O)c1ccc2c(c1)CCN2Cc1cscn1. The van der Waals surface area contributed by atoms with Gasteiger partial charge < -0.3 is 10.0 Å². The number of fused-ring (bicyclic) bond motifs is 1. The number of carbonyl (C=O) groups is 1. The largest absolute Gasteiger partial charge is 0.478 e. The number of benzene rings is 1. The third kappa shape index (κ3) is 1.97. The molecule has 0 atom stereocenters. The molecule has 1 aliphatic heterocycles. The quantitative estimate of drug-likeness (QED) is 0.920. The van der Waals surface area contributed by atoms with Crippen LogP contribution in [0.25, 0.3) is 0 Å². The third-order valence-corrected chi connectivity index (χ3v) is 3.79. The zero-order chi connectivity index (χ0) is 12.5. The van der Waals surface area contributed by atoms with E-state index in [1.807, 2.05) is 17.0 Å². The van der Waals surface area contributed by atoms with Crippen molar-refractivity contribution in [2.24, 2.45) is 0 Å². The Hall–Kier alpha value is -1.88. The molecule has 0 amide bonds. The summed E-state index contributed by atoms with van der Waals surface area (Å²) in [5.74, 6) is -0.865. The van der Waals surface area contributed by atoms with Crippen molar-refractivity contribution in [2.45, 2.75) is 13.0 Å². The molecule has 0 saturated heterocycles. The molecule has 92 valence electrons. The summed E-state index contributed by atoms with van der Waals surface area (Å²) in [7, 11) is 0. The molecule has 0 fully saturated rings. The third-order valence-electron chi connectivity index (χ3n) is 3.15. The zero-order valence-corrected chi connectivity index (χ0v) is 10.5. The van der Waals surface area contributed by atoms with Gasteiger partial charge in [-0.2, -0.15) is 0 Å². The van der Waals surface area contributed by atoms with E-state index in [1.165, 1.54) is 0 Å². The van der Waals surface area contributed by atoms with Crippen molar-refractivity contribution in [1.29, 1.82) is 0 Å². The Morgan fingerprint density at radius 2 is 2.39 bits per heavy atom. The lowest BCUT2D eigenvalue weighted by Crippen LogP contribution is -2.19. The number of anilines is 1. The Kier molecular flexibility index (Phi) is 2.76. The van der Waals surface area contributed by atoms with Crippen LogP contribution in [-0.4, -0.2) is 22.6 Å². The van der Waals surface area contributed by atoms with Crippen molar-refractivity contribution >= 4 is 23.0 Å². The molecule has 3 rings (SSSR count). The number of nitrogens with zero attached hydrogens (tertiary/aromatic N) is 2. The molecule has 0 aliphatic carbocycles. The van der Waals surface area contributed by atoms with Crippen LogP contribution >= 0.6 is 11.3 Å². The van der Waals surface area contributed by atoms with E-state index in [-0.39, 0.29) is 0 Å². The predicted octanol–water partition coefficient (Wildman–Crippen LogP) is 2.40. The lowest BCUT2D eigenvalue weighted by Gasteiger charge is -2.18. The zero-order valence-electron chi connectivity index (χ0n) is 9.67. The number of rotatable bonds is 3. The number of carboxylic acid groups (broad SMARTS) is 1. The number of carboxylic acids is 1. The highest BCUT2D eigenvalue weighted by molar-refractivity contribution is 7.07. The summed E-state index contributed by atoms with van der Waals surface area (Å²) in [5.41, 5.74) is 5.51. The van der Waals surface area contributed by atoms with Gasteiger partial charge in [-0.1, -0.05) is 0 Å². The summed E-state index contributed by atoms with van der Waals surface area (Å²) >= 11 is 1.60. The molecule has 1 aromatic heterocycles. The monoisotopic (exact) mass is 260 g/mol. The van der Waals surface area contributed by atoms with Crippen LogP contribution in [0.15, 0.2) is 29.1 Å². The van der Waals surface area contributed by atoms with Gasteiger partial charge in [0, 0.05) is 17.6 Å². The molecular formula is C13H12N2O2S. The molecule has 4 nitrogen and oxygen atoms in total. The first kappa shape index (κ1) is 11.2. The summed E-state index contributed by atoms with van der Waals surface area (Å²) in [6, 6.07) is 5.34. The van der Waals surface area contributed by atoms with E-state index in [0.29, 0.717) is 5.56 Å². The average Bonchev–Trinajstić information content (AvgIpc) is 2.99. The number of thiazole rings is 1. The van der Waals surface area contributed by atoms with E-state index in [0.717, 1.165) is 36.5 Å². The summed E-state index contributed by atoms with van der Waals surface area (Å²) in [6.45, 7) is 1.72. The topological polar surface area (TPSA) is 53.4 Å². The van der Waals surface area contributed by atoms with Crippen molar-refractivity contribution in [1.82, 2.24) is 4.98 Å². The molecule has 1 aromatic carbocycles. The van der Waals surface area contributed by atoms with Crippen molar-refractivity contribution in [3.8, 4) is 0 Å². The summed E-state index contributed by atoms with van der Waals surface area (Å²) in [5, 5.41) is 11.0. The minimum absolute atomic E-state index is 0.365. The Balaban J connectivity index is 1.86. The van der Waals surface area contributed by atoms with Crippen LogP contribution in [0.4, 0.5) is 5.69 Å². The van der Waals surface area contributed by atoms with Gasteiger partial charge in [0.05, 0.1) is 23.3 Å². The molecule has 0 bridgehead atoms. The van der Waals surface area contributed by atoms with E-state index < -0.39 is 5.97 Å². The van der Waals surface area contributed by atoms with Crippen molar-refractivity contribution < 1.29 is 9.90 Å². The molecule has 2 aromatic rings. The molecule has 0 saturated carbocycles. The number of aromatic nitrogens is 1. The summed E-state index contributed by atoms with van der Waals surface area (Å²) in [4.78, 5) is 17.4. The van der Waals surface area contributed by atoms with E-state index in [2.05, 4.69) is 9.88 Å². The van der Waals surface area contributed by atoms with Crippen LogP contribution in [0, 0.1) is 0 Å². The van der Waals surface area contributed by atoms with Gasteiger partial charge in [0.2, 0.25) is 0 Å². The summed E-state index contributed by atoms with van der Waals surface area (Å²) < 4.78 is 0. The van der Waals surface area contributed by atoms with Crippen LogP contribution in [0.2, 0.25) is 0 Å². The Labute approximate surface area is 109 Å². The lowest BCUT2D eigenvalue weighted by atomic mass is 10.1. The minimum atomic E-state index is -0.865. The molecular weight excluding hydrogens is 248 g/mol. The standard InChI is InChI=1S/C13H12N2O2S/c16-13(17)10-1-2-12-9(5-10)3-4-15(12)6-11-7-18-8-14-11/h1-2,5,7-8H,3-4,6H2,(H,16,17). The highest BCUT2D eigenvalue weighted by Crippen LogP contribution is 2.30. The van der Waals surface area contributed by atoms with Gasteiger partial charge in [-0.3, -0.25) is 0 Å². The Bertz CT molecular complexity index is 581. The Morgan fingerprint density at radius 3 is 3.11 bits per heavy atom. The van der Waals surface area contributed by atoms with E-state index in [1.54, 1.807) is 23.5 Å². The molecule has 0 spiro atoms. The second-order valence-corrected chi connectivity index (χ2v) is 5.02. The molecule has 5 heteroatoms. The van der Waals surface area contributed by atoms with Crippen LogP contribution in [-0.2, 0) is 13.0 Å². The highest BCUT2D eigenvalue weighted by Gasteiger charge is 2.20. The van der Waals surface area contributed by atoms with Crippen molar-refractivity contribution in [3.05, 3.63) is 45.9 Å². The van der Waals surface area contributed by atoms with Crippen LogP contribution < -0.4 is 4.90 Å². The van der Waals surface area contributed by atoms with Gasteiger partial charge in [-0.15, -0.1) is 11.3 Å². The Morgan fingerprint density at radius 1 is 1.50 bits per heavy atom. The maximum atomic E-state index is 10.9. The molecule has 0 radical (unpaired) electrons. The first-order valence-corrected chi connectivity index (χ1v) is 6.66. The fourth-order valence-electron chi connectivity index (χ4n) is 2.28. The number of hydrogen-bond donors (Lipinski definition) is 1. The van der Waals surface area contributed by atoms with Crippen molar-refractivity contribution in [2.75, 3.05) is 11.4 Å². The maximum absolute atomic E-state index is 10.9. The van der Waals surface area contributed by atoms with E-state index in [9.17, 15) is 4.79 Å².